The highest BCUT2D eigenvalue weighted by atomic mass is 79.9. The molecule has 0 radical (unpaired) electrons. The highest BCUT2D eigenvalue weighted by Gasteiger charge is 2.02. The Morgan fingerprint density at radius 1 is 1.17 bits per heavy atom. The van der Waals surface area contributed by atoms with Crippen molar-refractivity contribution >= 4 is 27.5 Å². The van der Waals surface area contributed by atoms with E-state index in [0.29, 0.717) is 22.7 Å². The molecule has 1 nitrogen and oxygen atoms in total. The van der Waals surface area contributed by atoms with E-state index < -0.39 is 0 Å². The summed E-state index contributed by atoms with van der Waals surface area (Å²) < 4.78 is 18.5. The molecule has 0 N–H and O–H groups in total. The molecule has 2 rings (SSSR count). The third-order valence-corrected chi connectivity index (χ3v) is 3.42. The van der Waals surface area contributed by atoms with Gasteiger partial charge in [-0.2, -0.15) is 0 Å². The minimum Gasteiger partial charge on any atom is -0.489 e. The first-order chi connectivity index (χ1) is 8.69. The molecule has 0 saturated heterocycles. The molecule has 0 aromatic heterocycles. The first-order valence-corrected chi connectivity index (χ1v) is 6.90. The van der Waals surface area contributed by atoms with Gasteiger partial charge in [0.2, 0.25) is 0 Å². The van der Waals surface area contributed by atoms with Crippen LogP contribution in [0.5, 0.6) is 5.75 Å². The molecule has 0 amide bonds. The number of hydrogen-bond donors (Lipinski definition) is 0. The van der Waals surface area contributed by atoms with Gasteiger partial charge in [-0.05, 0) is 35.4 Å². The van der Waals surface area contributed by atoms with Crippen LogP contribution in [0.4, 0.5) is 4.39 Å². The zero-order valence-electron chi connectivity index (χ0n) is 9.50. The number of halogens is 3. The zero-order valence-corrected chi connectivity index (χ0v) is 11.8. The Hall–Kier alpha value is -1.06. The molecule has 0 heterocycles. The van der Waals surface area contributed by atoms with Crippen LogP contribution in [0.25, 0.3) is 0 Å². The van der Waals surface area contributed by atoms with Crippen LogP contribution < -0.4 is 4.74 Å². The van der Waals surface area contributed by atoms with E-state index in [-0.39, 0.29) is 5.82 Å². The van der Waals surface area contributed by atoms with Crippen LogP contribution >= 0.6 is 27.5 Å². The molecule has 18 heavy (non-hydrogen) atoms. The maximum absolute atomic E-state index is 13.0. The largest absolute Gasteiger partial charge is 0.489 e. The van der Waals surface area contributed by atoms with Crippen molar-refractivity contribution in [1.82, 2.24) is 0 Å². The molecular weight excluding hydrogens is 319 g/mol. The Balaban J connectivity index is 2.04. The van der Waals surface area contributed by atoms with Crippen molar-refractivity contribution in [2.75, 3.05) is 0 Å². The van der Waals surface area contributed by atoms with E-state index >= 15 is 0 Å². The summed E-state index contributed by atoms with van der Waals surface area (Å²) >= 11 is 9.42. The Morgan fingerprint density at radius 3 is 2.67 bits per heavy atom. The Kier molecular flexibility index (Phi) is 4.61. The molecule has 94 valence electrons. The highest BCUT2D eigenvalue weighted by Crippen LogP contribution is 2.24. The van der Waals surface area contributed by atoms with E-state index in [1.54, 1.807) is 12.1 Å². The summed E-state index contributed by atoms with van der Waals surface area (Å²) in [6, 6.07) is 11.9. The molecule has 0 atom stereocenters. The molecule has 4 heteroatoms. The van der Waals surface area contributed by atoms with E-state index in [1.807, 2.05) is 18.2 Å². The van der Waals surface area contributed by atoms with Gasteiger partial charge in [-0.25, -0.2) is 4.39 Å². The second-order valence-corrected chi connectivity index (χ2v) is 4.77. The molecule has 0 spiro atoms. The van der Waals surface area contributed by atoms with Crippen molar-refractivity contribution in [3.63, 3.8) is 0 Å². The van der Waals surface area contributed by atoms with Crippen molar-refractivity contribution in [3.05, 3.63) is 64.4 Å². The first-order valence-electron chi connectivity index (χ1n) is 5.40. The van der Waals surface area contributed by atoms with E-state index in [2.05, 4.69) is 15.9 Å². The van der Waals surface area contributed by atoms with E-state index in [0.717, 1.165) is 11.1 Å². The summed E-state index contributed by atoms with van der Waals surface area (Å²) in [7, 11) is 0. The lowest BCUT2D eigenvalue weighted by Crippen LogP contribution is -1.96. The fourth-order valence-corrected chi connectivity index (χ4v) is 2.41. The average Bonchev–Trinajstić information content (AvgIpc) is 2.37. The molecule has 0 unspecified atom stereocenters. The lowest BCUT2D eigenvalue weighted by Gasteiger charge is -2.08. The van der Waals surface area contributed by atoms with Crippen LogP contribution in [0.15, 0.2) is 42.5 Å². The number of alkyl halides is 1. The van der Waals surface area contributed by atoms with Crippen LogP contribution in [-0.4, -0.2) is 0 Å². The van der Waals surface area contributed by atoms with Gasteiger partial charge in [0.1, 0.15) is 18.2 Å². The molecule has 2 aromatic rings. The summed E-state index contributed by atoms with van der Waals surface area (Å²) in [5.41, 5.74) is 1.80. The molecule has 0 bridgehead atoms. The van der Waals surface area contributed by atoms with Crippen LogP contribution in [0.3, 0.4) is 0 Å². The smallest absolute Gasteiger partial charge is 0.123 e. The van der Waals surface area contributed by atoms with E-state index in [9.17, 15) is 4.39 Å². The fraction of sp³-hybridized carbons (Fsp3) is 0.143. The van der Waals surface area contributed by atoms with Gasteiger partial charge in [-0.3, -0.25) is 0 Å². The maximum Gasteiger partial charge on any atom is 0.123 e. The fourth-order valence-electron chi connectivity index (χ4n) is 1.52. The van der Waals surface area contributed by atoms with Gasteiger partial charge in [-0.1, -0.05) is 45.7 Å². The summed E-state index contributed by atoms with van der Waals surface area (Å²) in [6.07, 6.45) is 0. The third-order valence-electron chi connectivity index (χ3n) is 2.46. The third kappa shape index (κ3) is 3.47. The standard InChI is InChI=1S/C14H11BrClFO/c15-8-11-4-5-13(7-14(11)16)18-9-10-2-1-3-12(17)6-10/h1-7H,8-9H2. The SMILES string of the molecule is Fc1cccc(COc2ccc(CBr)c(Cl)c2)c1. The van der Waals surface area contributed by atoms with Crippen LogP contribution in [0.1, 0.15) is 11.1 Å². The second kappa shape index (κ2) is 6.21. The summed E-state index contributed by atoms with van der Waals surface area (Å²) in [4.78, 5) is 0. The lowest BCUT2D eigenvalue weighted by atomic mass is 10.2. The molecule has 0 fully saturated rings. The number of ether oxygens (including phenoxy) is 1. The Morgan fingerprint density at radius 2 is 2.00 bits per heavy atom. The molecule has 0 aliphatic carbocycles. The Labute approximate surface area is 119 Å². The van der Waals surface area contributed by atoms with Gasteiger partial charge < -0.3 is 4.74 Å². The van der Waals surface area contributed by atoms with Crippen LogP contribution in [0, 0.1) is 5.82 Å². The predicted octanol–water partition coefficient (Wildman–Crippen LogP) is 4.95. The topological polar surface area (TPSA) is 9.23 Å². The first kappa shape index (κ1) is 13.4. The monoisotopic (exact) mass is 328 g/mol. The second-order valence-electron chi connectivity index (χ2n) is 3.81. The van der Waals surface area contributed by atoms with Crippen LogP contribution in [0.2, 0.25) is 5.02 Å². The van der Waals surface area contributed by atoms with Gasteiger partial charge >= 0.3 is 0 Å². The zero-order chi connectivity index (χ0) is 13.0. The van der Waals surface area contributed by atoms with Gasteiger partial charge in [0.05, 0.1) is 0 Å². The minimum absolute atomic E-state index is 0.260. The maximum atomic E-state index is 13.0. The predicted molar refractivity (Wildman–Crippen MR) is 74.8 cm³/mol. The lowest BCUT2D eigenvalue weighted by molar-refractivity contribution is 0.305. The highest BCUT2D eigenvalue weighted by molar-refractivity contribution is 9.08. The van der Waals surface area contributed by atoms with Crippen molar-refractivity contribution in [2.24, 2.45) is 0 Å². The number of rotatable bonds is 4. The van der Waals surface area contributed by atoms with Crippen molar-refractivity contribution in [3.8, 4) is 5.75 Å². The average molecular weight is 330 g/mol. The van der Waals surface area contributed by atoms with Crippen molar-refractivity contribution in [2.45, 2.75) is 11.9 Å². The number of hydrogen-bond acceptors (Lipinski definition) is 1. The van der Waals surface area contributed by atoms with E-state index in [1.165, 1.54) is 12.1 Å². The Bertz CT molecular complexity index is 545. The van der Waals surface area contributed by atoms with Gasteiger partial charge in [0, 0.05) is 10.4 Å². The molecular formula is C14H11BrClFO. The summed E-state index contributed by atoms with van der Waals surface area (Å²) in [6.45, 7) is 0.321. The van der Waals surface area contributed by atoms with Crippen molar-refractivity contribution < 1.29 is 9.13 Å². The van der Waals surface area contributed by atoms with Crippen LogP contribution in [-0.2, 0) is 11.9 Å². The molecule has 2 aromatic carbocycles. The van der Waals surface area contributed by atoms with Gasteiger partial charge in [-0.15, -0.1) is 0 Å². The summed E-state index contributed by atoms with van der Waals surface area (Å²) in [5.74, 6) is 0.415. The summed E-state index contributed by atoms with van der Waals surface area (Å²) in [5, 5.41) is 1.36. The normalized spacial score (nSPS) is 10.4. The van der Waals surface area contributed by atoms with Crippen molar-refractivity contribution in [1.29, 1.82) is 0 Å². The number of benzene rings is 2. The van der Waals surface area contributed by atoms with E-state index in [4.69, 9.17) is 16.3 Å². The van der Waals surface area contributed by atoms with Gasteiger partial charge in [0.15, 0.2) is 0 Å². The molecule has 0 saturated carbocycles. The minimum atomic E-state index is -0.260. The molecule has 0 aliphatic heterocycles. The molecule has 0 aliphatic rings. The quantitative estimate of drug-likeness (QED) is 0.721. The van der Waals surface area contributed by atoms with Gasteiger partial charge in [0.25, 0.3) is 0 Å².